The van der Waals surface area contributed by atoms with Gasteiger partial charge in [-0.3, -0.25) is 9.69 Å². The van der Waals surface area contributed by atoms with Crippen molar-refractivity contribution >= 4 is 12.0 Å². The Morgan fingerprint density at radius 3 is 2.52 bits per heavy atom. The van der Waals surface area contributed by atoms with E-state index in [2.05, 4.69) is 10.2 Å². The van der Waals surface area contributed by atoms with E-state index in [1.807, 2.05) is 48.5 Å². The van der Waals surface area contributed by atoms with Gasteiger partial charge in [-0.05, 0) is 30.2 Å². The smallest absolute Gasteiger partial charge is 0.408 e. The minimum absolute atomic E-state index is 0.0978. The van der Waals surface area contributed by atoms with Crippen molar-refractivity contribution in [3.63, 3.8) is 0 Å². The van der Waals surface area contributed by atoms with Crippen molar-refractivity contribution in [3.05, 3.63) is 59.7 Å². The summed E-state index contributed by atoms with van der Waals surface area (Å²) in [5, 5.41) is 2.63. The molecule has 2 heterocycles. The highest BCUT2D eigenvalue weighted by molar-refractivity contribution is 5.85. The molecule has 1 N–H and O–H groups in total. The molecule has 2 aliphatic rings. The molecular weight excluding hydrogens is 398 g/mol. The molecule has 0 bridgehead atoms. The predicted octanol–water partition coefficient (Wildman–Crippen LogP) is 2.37. The van der Waals surface area contributed by atoms with Gasteiger partial charge in [-0.25, -0.2) is 4.79 Å². The second-order valence-corrected chi connectivity index (χ2v) is 7.72. The fraction of sp³-hybridized carbons (Fsp3) is 0.391. The first-order valence-corrected chi connectivity index (χ1v) is 10.5. The van der Waals surface area contributed by atoms with Crippen LogP contribution >= 0.6 is 0 Å². The summed E-state index contributed by atoms with van der Waals surface area (Å²) < 4.78 is 16.0. The van der Waals surface area contributed by atoms with E-state index in [9.17, 15) is 9.59 Å². The minimum Gasteiger partial charge on any atom is -0.454 e. The second kappa shape index (κ2) is 9.70. The van der Waals surface area contributed by atoms with Crippen LogP contribution in [-0.2, 0) is 22.7 Å². The van der Waals surface area contributed by atoms with E-state index in [-0.39, 0.29) is 19.3 Å². The van der Waals surface area contributed by atoms with Gasteiger partial charge in [0, 0.05) is 32.7 Å². The van der Waals surface area contributed by atoms with Gasteiger partial charge in [0.1, 0.15) is 12.6 Å². The lowest BCUT2D eigenvalue weighted by molar-refractivity contribution is -0.134. The van der Waals surface area contributed by atoms with Gasteiger partial charge in [0.2, 0.25) is 12.7 Å². The summed E-state index contributed by atoms with van der Waals surface area (Å²) in [6, 6.07) is 14.8. The Labute approximate surface area is 181 Å². The van der Waals surface area contributed by atoms with Crippen molar-refractivity contribution in [2.75, 3.05) is 33.0 Å². The molecule has 0 spiro atoms. The molecule has 31 heavy (non-hydrogen) atoms. The van der Waals surface area contributed by atoms with Crippen LogP contribution in [0.15, 0.2) is 48.5 Å². The van der Waals surface area contributed by atoms with Crippen LogP contribution in [0, 0.1) is 0 Å². The summed E-state index contributed by atoms with van der Waals surface area (Å²) in [5.41, 5.74) is 2.05. The average Bonchev–Trinajstić information content (AvgIpc) is 3.26. The fourth-order valence-electron chi connectivity index (χ4n) is 3.70. The Morgan fingerprint density at radius 2 is 1.74 bits per heavy atom. The SMILES string of the molecule is C[C@H](NC(=O)OCc1ccccc1)C(=O)N1CCN(Cc2ccc3c(c2)OCO3)CC1. The van der Waals surface area contributed by atoms with Gasteiger partial charge in [-0.2, -0.15) is 0 Å². The maximum Gasteiger partial charge on any atom is 0.408 e. The molecule has 1 atom stereocenters. The van der Waals surface area contributed by atoms with Crippen LogP contribution in [0.25, 0.3) is 0 Å². The van der Waals surface area contributed by atoms with E-state index in [1.54, 1.807) is 11.8 Å². The minimum atomic E-state index is -0.635. The molecule has 2 aromatic carbocycles. The van der Waals surface area contributed by atoms with Crippen molar-refractivity contribution in [1.29, 1.82) is 0 Å². The number of piperazine rings is 1. The zero-order valence-electron chi connectivity index (χ0n) is 17.6. The van der Waals surface area contributed by atoms with E-state index in [1.165, 1.54) is 0 Å². The lowest BCUT2D eigenvalue weighted by Crippen LogP contribution is -2.53. The molecule has 0 radical (unpaired) electrons. The fourth-order valence-corrected chi connectivity index (χ4v) is 3.70. The third kappa shape index (κ3) is 5.46. The van der Waals surface area contributed by atoms with E-state index in [0.717, 1.165) is 42.3 Å². The molecule has 2 amide bonds. The maximum absolute atomic E-state index is 12.7. The topological polar surface area (TPSA) is 80.3 Å². The van der Waals surface area contributed by atoms with Crippen LogP contribution in [0.5, 0.6) is 11.5 Å². The number of nitrogens with one attached hydrogen (secondary N) is 1. The molecule has 164 valence electrons. The number of rotatable bonds is 6. The van der Waals surface area contributed by atoms with Gasteiger partial charge in [0.25, 0.3) is 0 Å². The van der Waals surface area contributed by atoms with Crippen molar-refractivity contribution in [1.82, 2.24) is 15.1 Å². The number of hydrogen-bond acceptors (Lipinski definition) is 6. The van der Waals surface area contributed by atoms with Crippen LogP contribution in [0.2, 0.25) is 0 Å². The molecule has 0 unspecified atom stereocenters. The van der Waals surface area contributed by atoms with Crippen LogP contribution < -0.4 is 14.8 Å². The Morgan fingerprint density at radius 1 is 1.00 bits per heavy atom. The van der Waals surface area contributed by atoms with E-state index in [0.29, 0.717) is 13.1 Å². The van der Waals surface area contributed by atoms with Gasteiger partial charge in [-0.1, -0.05) is 36.4 Å². The third-order valence-electron chi connectivity index (χ3n) is 5.44. The Balaban J connectivity index is 1.20. The zero-order valence-corrected chi connectivity index (χ0v) is 17.6. The molecule has 2 aliphatic heterocycles. The summed E-state index contributed by atoms with van der Waals surface area (Å²) >= 11 is 0. The Bertz CT molecular complexity index is 913. The number of carbonyl (C=O) groups excluding carboxylic acids is 2. The first-order valence-electron chi connectivity index (χ1n) is 10.5. The number of benzene rings is 2. The third-order valence-corrected chi connectivity index (χ3v) is 5.44. The maximum atomic E-state index is 12.7. The first kappa shape index (κ1) is 21.0. The van der Waals surface area contributed by atoms with Gasteiger partial charge >= 0.3 is 6.09 Å². The number of carbonyl (C=O) groups is 2. The monoisotopic (exact) mass is 425 g/mol. The van der Waals surface area contributed by atoms with Crippen LogP contribution in [0.3, 0.4) is 0 Å². The number of nitrogens with zero attached hydrogens (tertiary/aromatic N) is 2. The van der Waals surface area contributed by atoms with E-state index >= 15 is 0 Å². The van der Waals surface area contributed by atoms with Gasteiger partial charge < -0.3 is 24.4 Å². The molecule has 0 aromatic heterocycles. The quantitative estimate of drug-likeness (QED) is 0.766. The lowest BCUT2D eigenvalue weighted by Gasteiger charge is -2.36. The summed E-state index contributed by atoms with van der Waals surface area (Å²) in [6.45, 7) is 5.70. The lowest BCUT2D eigenvalue weighted by atomic mass is 10.1. The van der Waals surface area contributed by atoms with Crippen molar-refractivity contribution < 1.29 is 23.8 Å². The number of amides is 2. The second-order valence-electron chi connectivity index (χ2n) is 7.72. The number of fused-ring (bicyclic) bond motifs is 1. The molecule has 8 heteroatoms. The molecule has 1 fully saturated rings. The van der Waals surface area contributed by atoms with Crippen molar-refractivity contribution in [2.45, 2.75) is 26.1 Å². The normalized spacial score (nSPS) is 16.6. The predicted molar refractivity (Wildman–Crippen MR) is 114 cm³/mol. The molecule has 4 rings (SSSR count). The summed E-state index contributed by atoms with van der Waals surface area (Å²) in [6.07, 6.45) is -0.592. The highest BCUT2D eigenvalue weighted by Crippen LogP contribution is 2.32. The number of alkyl carbamates (subject to hydrolysis) is 1. The van der Waals surface area contributed by atoms with Gasteiger partial charge in [0.05, 0.1) is 0 Å². The molecular formula is C23H27N3O5. The molecule has 0 saturated carbocycles. The van der Waals surface area contributed by atoms with E-state index in [4.69, 9.17) is 14.2 Å². The van der Waals surface area contributed by atoms with Crippen molar-refractivity contribution in [2.24, 2.45) is 0 Å². The van der Waals surface area contributed by atoms with Gasteiger partial charge in [0.15, 0.2) is 11.5 Å². The van der Waals surface area contributed by atoms with E-state index < -0.39 is 12.1 Å². The summed E-state index contributed by atoms with van der Waals surface area (Å²) in [4.78, 5) is 28.8. The largest absolute Gasteiger partial charge is 0.454 e. The number of ether oxygens (including phenoxy) is 3. The molecule has 1 saturated heterocycles. The Kier molecular flexibility index (Phi) is 6.57. The van der Waals surface area contributed by atoms with Crippen molar-refractivity contribution in [3.8, 4) is 11.5 Å². The Hall–Kier alpha value is -3.26. The number of hydrogen-bond donors (Lipinski definition) is 1. The van der Waals surface area contributed by atoms with Crippen LogP contribution in [-0.4, -0.2) is 60.8 Å². The standard InChI is InChI=1S/C23H27N3O5/c1-17(24-23(28)29-15-18-5-3-2-4-6-18)22(27)26-11-9-25(10-12-26)14-19-7-8-20-21(13-19)31-16-30-20/h2-8,13,17H,9-12,14-16H2,1H3,(H,24,28)/t17-/m0/s1. The summed E-state index contributed by atoms with van der Waals surface area (Å²) in [5.74, 6) is 1.47. The zero-order chi connectivity index (χ0) is 21.6. The molecule has 2 aromatic rings. The summed E-state index contributed by atoms with van der Waals surface area (Å²) in [7, 11) is 0. The first-order chi connectivity index (χ1) is 15.1. The van der Waals surface area contributed by atoms with Crippen LogP contribution in [0.4, 0.5) is 4.79 Å². The average molecular weight is 425 g/mol. The highest BCUT2D eigenvalue weighted by Gasteiger charge is 2.26. The molecule has 8 nitrogen and oxygen atoms in total. The van der Waals surface area contributed by atoms with Crippen LogP contribution in [0.1, 0.15) is 18.1 Å². The molecule has 0 aliphatic carbocycles. The highest BCUT2D eigenvalue weighted by atomic mass is 16.7. The van der Waals surface area contributed by atoms with Gasteiger partial charge in [-0.15, -0.1) is 0 Å².